The van der Waals surface area contributed by atoms with Gasteiger partial charge in [0.15, 0.2) is 6.10 Å². The van der Waals surface area contributed by atoms with Crippen molar-refractivity contribution < 1.29 is 19.4 Å². The fourth-order valence-electron chi connectivity index (χ4n) is 1.38. The van der Waals surface area contributed by atoms with Crippen molar-refractivity contribution in [3.8, 4) is 5.75 Å². The van der Waals surface area contributed by atoms with E-state index >= 15 is 0 Å². The topological polar surface area (TPSA) is 55.8 Å². The van der Waals surface area contributed by atoms with Crippen LogP contribution in [0.4, 0.5) is 0 Å². The van der Waals surface area contributed by atoms with E-state index in [-0.39, 0.29) is 12.5 Å². The standard InChI is InChI=1S/C12H15ClO4/c1-2-16-10-5-3-9(4-6-10)11(12(14)15)17-8-7-13/h3-6,11H,2,7-8H2,1H3,(H,14,15). The Morgan fingerprint density at radius 2 is 2.06 bits per heavy atom. The monoisotopic (exact) mass is 258 g/mol. The molecule has 0 aliphatic rings. The first-order chi connectivity index (χ1) is 8.19. The number of benzene rings is 1. The van der Waals surface area contributed by atoms with Crippen molar-refractivity contribution >= 4 is 17.6 Å². The van der Waals surface area contributed by atoms with E-state index in [4.69, 9.17) is 26.2 Å². The van der Waals surface area contributed by atoms with E-state index in [2.05, 4.69) is 0 Å². The second kappa shape index (κ2) is 7.14. The lowest BCUT2D eigenvalue weighted by Crippen LogP contribution is -2.16. The Morgan fingerprint density at radius 3 is 2.53 bits per heavy atom. The molecule has 0 heterocycles. The molecule has 0 bridgehead atoms. The largest absolute Gasteiger partial charge is 0.494 e. The molecule has 4 nitrogen and oxygen atoms in total. The van der Waals surface area contributed by atoms with Crippen LogP contribution in [0.15, 0.2) is 24.3 Å². The van der Waals surface area contributed by atoms with E-state index in [0.29, 0.717) is 17.9 Å². The number of ether oxygens (including phenoxy) is 2. The number of carboxylic acid groups (broad SMARTS) is 1. The summed E-state index contributed by atoms with van der Waals surface area (Å²) in [7, 11) is 0. The van der Waals surface area contributed by atoms with Gasteiger partial charge in [0.1, 0.15) is 5.75 Å². The summed E-state index contributed by atoms with van der Waals surface area (Å²) in [6.45, 7) is 2.66. The van der Waals surface area contributed by atoms with Gasteiger partial charge in [-0.3, -0.25) is 0 Å². The number of alkyl halides is 1. The average Bonchev–Trinajstić information content (AvgIpc) is 2.31. The van der Waals surface area contributed by atoms with E-state index in [1.54, 1.807) is 24.3 Å². The maximum Gasteiger partial charge on any atom is 0.337 e. The Hall–Kier alpha value is -1.26. The summed E-state index contributed by atoms with van der Waals surface area (Å²) in [6, 6.07) is 6.80. The molecule has 0 saturated carbocycles. The fourth-order valence-corrected chi connectivity index (χ4v) is 1.47. The molecule has 0 spiro atoms. The molecule has 0 saturated heterocycles. The highest BCUT2D eigenvalue weighted by Gasteiger charge is 2.20. The minimum absolute atomic E-state index is 0.200. The molecule has 0 aromatic heterocycles. The van der Waals surface area contributed by atoms with Crippen LogP contribution in [0.2, 0.25) is 0 Å². The van der Waals surface area contributed by atoms with Gasteiger partial charge in [0.25, 0.3) is 0 Å². The maximum atomic E-state index is 11.0. The quantitative estimate of drug-likeness (QED) is 0.764. The van der Waals surface area contributed by atoms with Gasteiger partial charge in [-0.05, 0) is 24.6 Å². The maximum absolute atomic E-state index is 11.0. The fraction of sp³-hybridized carbons (Fsp3) is 0.417. The third-order valence-corrected chi connectivity index (χ3v) is 2.23. The first kappa shape index (κ1) is 13.8. The third kappa shape index (κ3) is 4.24. The first-order valence-electron chi connectivity index (χ1n) is 5.32. The lowest BCUT2D eigenvalue weighted by molar-refractivity contribution is -0.150. The van der Waals surface area contributed by atoms with Crippen LogP contribution < -0.4 is 4.74 Å². The molecule has 94 valence electrons. The van der Waals surface area contributed by atoms with Crippen molar-refractivity contribution in [1.29, 1.82) is 0 Å². The SMILES string of the molecule is CCOc1ccc(C(OCCCl)C(=O)O)cc1. The Labute approximate surface area is 105 Å². The smallest absolute Gasteiger partial charge is 0.337 e. The first-order valence-corrected chi connectivity index (χ1v) is 5.85. The van der Waals surface area contributed by atoms with Crippen LogP contribution in [0.1, 0.15) is 18.6 Å². The molecule has 1 N–H and O–H groups in total. The summed E-state index contributed by atoms with van der Waals surface area (Å²) >= 11 is 5.47. The van der Waals surface area contributed by atoms with Crippen LogP contribution in [0.5, 0.6) is 5.75 Å². The van der Waals surface area contributed by atoms with Gasteiger partial charge in [0.2, 0.25) is 0 Å². The Bertz CT molecular complexity index is 350. The average molecular weight is 259 g/mol. The van der Waals surface area contributed by atoms with Gasteiger partial charge in [-0.25, -0.2) is 4.79 Å². The zero-order valence-electron chi connectivity index (χ0n) is 9.56. The van der Waals surface area contributed by atoms with Crippen LogP contribution in [0, 0.1) is 0 Å². The van der Waals surface area contributed by atoms with Gasteiger partial charge < -0.3 is 14.6 Å². The number of halogens is 1. The summed E-state index contributed by atoms with van der Waals surface area (Å²) in [4.78, 5) is 11.0. The predicted octanol–water partition coefficient (Wildman–Crippen LogP) is 2.47. The molecular weight excluding hydrogens is 244 g/mol. The van der Waals surface area contributed by atoms with Crippen molar-refractivity contribution in [2.75, 3.05) is 19.1 Å². The molecule has 1 atom stereocenters. The minimum Gasteiger partial charge on any atom is -0.494 e. The normalized spacial score (nSPS) is 12.1. The van der Waals surface area contributed by atoms with Crippen LogP contribution in [-0.2, 0) is 9.53 Å². The summed E-state index contributed by atoms with van der Waals surface area (Å²) in [5.41, 5.74) is 0.575. The van der Waals surface area contributed by atoms with Gasteiger partial charge in [0, 0.05) is 5.88 Å². The van der Waals surface area contributed by atoms with E-state index in [9.17, 15) is 4.79 Å². The summed E-state index contributed by atoms with van der Waals surface area (Å²) in [5, 5.41) is 9.03. The Kier molecular flexibility index (Phi) is 5.80. The number of hydrogen-bond donors (Lipinski definition) is 1. The summed E-state index contributed by atoms with van der Waals surface area (Å²) in [6.07, 6.45) is -0.982. The number of aliphatic carboxylic acids is 1. The summed E-state index contributed by atoms with van der Waals surface area (Å²) in [5.74, 6) is -0.0575. The van der Waals surface area contributed by atoms with Crippen LogP contribution in [0.3, 0.4) is 0 Å². The van der Waals surface area contributed by atoms with E-state index in [1.165, 1.54) is 0 Å². The highest BCUT2D eigenvalue weighted by Crippen LogP contribution is 2.21. The molecule has 0 fully saturated rings. The molecule has 0 amide bonds. The van der Waals surface area contributed by atoms with Crippen LogP contribution in [0.25, 0.3) is 0 Å². The van der Waals surface area contributed by atoms with Crippen molar-refractivity contribution in [1.82, 2.24) is 0 Å². The Balaban J connectivity index is 2.76. The van der Waals surface area contributed by atoms with Crippen molar-refractivity contribution in [2.45, 2.75) is 13.0 Å². The third-order valence-electron chi connectivity index (χ3n) is 2.08. The van der Waals surface area contributed by atoms with Crippen LogP contribution >= 0.6 is 11.6 Å². The molecular formula is C12H15ClO4. The predicted molar refractivity (Wildman–Crippen MR) is 64.7 cm³/mol. The molecule has 0 aliphatic heterocycles. The highest BCUT2D eigenvalue weighted by molar-refractivity contribution is 6.17. The Morgan fingerprint density at radius 1 is 1.41 bits per heavy atom. The highest BCUT2D eigenvalue weighted by atomic mass is 35.5. The van der Waals surface area contributed by atoms with Gasteiger partial charge in [-0.15, -0.1) is 11.6 Å². The molecule has 1 unspecified atom stereocenters. The molecule has 5 heteroatoms. The zero-order chi connectivity index (χ0) is 12.7. The van der Waals surface area contributed by atoms with Gasteiger partial charge in [0.05, 0.1) is 13.2 Å². The lowest BCUT2D eigenvalue weighted by Gasteiger charge is -2.13. The second-order valence-electron chi connectivity index (χ2n) is 3.28. The second-order valence-corrected chi connectivity index (χ2v) is 3.66. The number of hydrogen-bond acceptors (Lipinski definition) is 3. The van der Waals surface area contributed by atoms with Crippen molar-refractivity contribution in [3.05, 3.63) is 29.8 Å². The van der Waals surface area contributed by atoms with Crippen LogP contribution in [-0.4, -0.2) is 30.2 Å². The van der Waals surface area contributed by atoms with Gasteiger partial charge in [-0.2, -0.15) is 0 Å². The number of carboxylic acids is 1. The summed E-state index contributed by atoms with van der Waals surface area (Å²) < 4.78 is 10.4. The van der Waals surface area contributed by atoms with E-state index in [1.807, 2.05) is 6.92 Å². The van der Waals surface area contributed by atoms with Gasteiger partial charge >= 0.3 is 5.97 Å². The minimum atomic E-state index is -1.03. The van der Waals surface area contributed by atoms with Gasteiger partial charge in [-0.1, -0.05) is 12.1 Å². The molecule has 17 heavy (non-hydrogen) atoms. The van der Waals surface area contributed by atoms with E-state index < -0.39 is 12.1 Å². The molecule has 0 aliphatic carbocycles. The molecule has 1 rings (SSSR count). The van der Waals surface area contributed by atoms with Crippen molar-refractivity contribution in [3.63, 3.8) is 0 Å². The number of carbonyl (C=O) groups is 1. The molecule has 1 aromatic carbocycles. The van der Waals surface area contributed by atoms with Crippen molar-refractivity contribution in [2.24, 2.45) is 0 Å². The molecule has 0 radical (unpaired) electrons. The number of rotatable bonds is 7. The lowest BCUT2D eigenvalue weighted by atomic mass is 10.1. The molecule has 1 aromatic rings. The zero-order valence-corrected chi connectivity index (χ0v) is 10.3. The van der Waals surface area contributed by atoms with E-state index in [0.717, 1.165) is 0 Å².